The van der Waals surface area contributed by atoms with Crippen molar-refractivity contribution >= 4 is 43.6 Å². The summed E-state index contributed by atoms with van der Waals surface area (Å²) in [5.74, 6) is 0. The van der Waals surface area contributed by atoms with E-state index in [2.05, 4.69) is 18.2 Å². The fourth-order valence-electron chi connectivity index (χ4n) is 12.2. The molecular formula is C71H47F9N4. The second-order valence-corrected chi connectivity index (χ2v) is 21.7. The van der Waals surface area contributed by atoms with Gasteiger partial charge in [-0.05, 0) is 217 Å². The van der Waals surface area contributed by atoms with E-state index in [0.29, 0.717) is 116 Å². The number of aryl methyl sites for hydroxylation is 6. The largest absolute Gasteiger partial charge is 0.417 e. The molecule has 10 aromatic carbocycles. The second-order valence-electron chi connectivity index (χ2n) is 21.7. The van der Waals surface area contributed by atoms with Crippen molar-refractivity contribution < 1.29 is 39.5 Å². The minimum absolute atomic E-state index is 0.000626. The minimum atomic E-state index is -4.67. The zero-order chi connectivity index (χ0) is 59.5. The van der Waals surface area contributed by atoms with Crippen LogP contribution in [0.25, 0.3) is 111 Å². The number of hydrogen-bond donors (Lipinski definition) is 0. The van der Waals surface area contributed by atoms with Gasteiger partial charge in [0.1, 0.15) is 0 Å². The van der Waals surface area contributed by atoms with E-state index in [1.54, 1.807) is 81.4 Å². The highest BCUT2D eigenvalue weighted by Crippen LogP contribution is 2.48. The van der Waals surface area contributed by atoms with E-state index in [9.17, 15) is 50.0 Å². The Morgan fingerprint density at radius 1 is 0.321 bits per heavy atom. The Labute approximate surface area is 477 Å². The van der Waals surface area contributed by atoms with E-state index < -0.39 is 35.2 Å². The first-order valence-corrected chi connectivity index (χ1v) is 26.8. The number of alkyl halides is 9. The molecule has 12 aromatic rings. The van der Waals surface area contributed by atoms with Gasteiger partial charge in [0.15, 0.2) is 0 Å². The molecule has 0 atom stereocenters. The summed E-state index contributed by atoms with van der Waals surface area (Å²) in [6.07, 6.45) is -13.8. The Hall–Kier alpha value is -9.85. The summed E-state index contributed by atoms with van der Waals surface area (Å²) < 4.78 is 133. The lowest BCUT2D eigenvalue weighted by Crippen LogP contribution is -2.07. The van der Waals surface area contributed by atoms with Gasteiger partial charge < -0.3 is 9.13 Å². The molecule has 0 unspecified atom stereocenters. The predicted octanol–water partition coefficient (Wildman–Crippen LogP) is 20.9. The number of rotatable bonds is 7. The van der Waals surface area contributed by atoms with Crippen LogP contribution in [0.2, 0.25) is 0 Å². The highest BCUT2D eigenvalue weighted by atomic mass is 19.4. The van der Waals surface area contributed by atoms with Gasteiger partial charge in [0.2, 0.25) is 0 Å². The summed E-state index contributed by atoms with van der Waals surface area (Å²) in [5, 5.41) is 24.3. The first-order valence-electron chi connectivity index (χ1n) is 26.8. The average molecular weight is 1130 g/mol. The average Bonchev–Trinajstić information content (AvgIpc) is 1.95. The van der Waals surface area contributed by atoms with E-state index in [1.807, 2.05) is 90.6 Å². The van der Waals surface area contributed by atoms with Crippen molar-refractivity contribution in [1.82, 2.24) is 9.13 Å². The molecule has 12 rings (SSSR count). The number of aromatic nitrogens is 2. The second kappa shape index (κ2) is 20.0. The minimum Gasteiger partial charge on any atom is -0.308 e. The number of benzene rings is 10. The fraction of sp³-hybridized carbons (Fsp3) is 0.127. The zero-order valence-corrected chi connectivity index (χ0v) is 45.9. The van der Waals surface area contributed by atoms with Crippen LogP contribution in [0.15, 0.2) is 176 Å². The van der Waals surface area contributed by atoms with Gasteiger partial charge in [-0.25, -0.2) is 0 Å². The van der Waals surface area contributed by atoms with E-state index in [-0.39, 0.29) is 11.1 Å². The molecule has 4 nitrogen and oxygen atoms in total. The predicted molar refractivity (Wildman–Crippen MR) is 315 cm³/mol. The molecule has 414 valence electrons. The summed E-state index contributed by atoms with van der Waals surface area (Å²) in [5.41, 5.74) is 11.1. The molecule has 0 bridgehead atoms. The topological polar surface area (TPSA) is 57.4 Å². The van der Waals surface area contributed by atoms with Crippen molar-refractivity contribution in [2.45, 2.75) is 60.1 Å². The molecule has 0 aliphatic heterocycles. The van der Waals surface area contributed by atoms with Gasteiger partial charge in [0.05, 0.1) is 73.4 Å². The smallest absolute Gasteiger partial charge is 0.308 e. The molecule has 2 heterocycles. The molecule has 0 aliphatic carbocycles. The van der Waals surface area contributed by atoms with Crippen LogP contribution in [0.4, 0.5) is 39.5 Å². The number of hydrogen-bond acceptors (Lipinski definition) is 2. The Morgan fingerprint density at radius 2 is 0.690 bits per heavy atom. The first kappa shape index (κ1) is 54.7. The molecule has 0 aliphatic rings. The fourth-order valence-corrected chi connectivity index (χ4v) is 12.2. The molecule has 0 saturated carbocycles. The van der Waals surface area contributed by atoms with Crippen molar-refractivity contribution in [2.24, 2.45) is 0 Å². The van der Waals surface area contributed by atoms with Gasteiger partial charge in [-0.2, -0.15) is 50.0 Å². The third-order valence-electron chi connectivity index (χ3n) is 15.9. The maximum absolute atomic E-state index is 14.9. The van der Waals surface area contributed by atoms with Gasteiger partial charge in [-0.15, -0.1) is 0 Å². The molecule has 0 spiro atoms. The lowest BCUT2D eigenvalue weighted by molar-refractivity contribution is -0.138. The number of nitriles is 2. The molecule has 0 amide bonds. The van der Waals surface area contributed by atoms with E-state index in [1.165, 1.54) is 18.2 Å². The maximum Gasteiger partial charge on any atom is 0.417 e. The van der Waals surface area contributed by atoms with Gasteiger partial charge >= 0.3 is 18.5 Å². The lowest BCUT2D eigenvalue weighted by Gasteiger charge is -2.21. The standard InChI is InChI=1S/C71H47F9N4/c1-38-7-15-53(41(4)23-38)46-9-19-64-59(32-46)60-35-49(56-16-8-39(2)26-61(56)71(78,79)80)12-22-65(60)84(64)67-31-45(37-82)30-66(68(67)50-25-40(3)24-44(29-50)36-81)83-62-20-10-47(54-17-13-51(27-42(54)5)69(72,73)74)33-57(62)58-34-48(11-21-63(58)83)55-18-14-52(28-43(55)6)70(75,76)77/h7-35H,1-6H3. The quantitative estimate of drug-likeness (QED) is 0.149. The molecule has 13 heteroatoms. The summed E-state index contributed by atoms with van der Waals surface area (Å²) in [4.78, 5) is 0. The van der Waals surface area contributed by atoms with Gasteiger partial charge in [0.25, 0.3) is 0 Å². The van der Waals surface area contributed by atoms with E-state index in [0.717, 1.165) is 58.1 Å². The van der Waals surface area contributed by atoms with Crippen LogP contribution >= 0.6 is 0 Å². The SMILES string of the molecule is Cc1cc(C#N)cc(-c2c(-n3c4ccc(-c5ccc(C(F)(F)F)cc5C)cc4c4cc(-c5ccc(C(F)(F)F)cc5C)ccc43)cc(C#N)cc2-n2c3ccc(-c4ccc(C)cc4C)cc3c3cc(-c4ccc(C)cc4C(F)(F)F)ccc32)c1. The van der Waals surface area contributed by atoms with Crippen molar-refractivity contribution in [1.29, 1.82) is 10.5 Å². The number of halogens is 9. The van der Waals surface area contributed by atoms with Crippen LogP contribution in [0.5, 0.6) is 0 Å². The van der Waals surface area contributed by atoms with Crippen LogP contribution in [0, 0.1) is 64.2 Å². The lowest BCUT2D eigenvalue weighted by atomic mass is 9.95. The molecule has 2 aromatic heterocycles. The highest BCUT2D eigenvalue weighted by molar-refractivity contribution is 6.14. The van der Waals surface area contributed by atoms with Crippen LogP contribution in [-0.4, -0.2) is 9.13 Å². The third-order valence-corrected chi connectivity index (χ3v) is 15.9. The number of fused-ring (bicyclic) bond motifs is 6. The first-order chi connectivity index (χ1) is 39.9. The van der Waals surface area contributed by atoms with Gasteiger partial charge in [-0.3, -0.25) is 0 Å². The molecule has 0 N–H and O–H groups in total. The summed E-state index contributed by atoms with van der Waals surface area (Å²) in [6.45, 7) is 10.7. The van der Waals surface area contributed by atoms with Gasteiger partial charge in [0, 0.05) is 27.1 Å². The van der Waals surface area contributed by atoms with Gasteiger partial charge in [-0.1, -0.05) is 83.9 Å². The van der Waals surface area contributed by atoms with Crippen molar-refractivity contribution in [2.75, 3.05) is 0 Å². The third kappa shape index (κ3) is 9.49. The van der Waals surface area contributed by atoms with E-state index >= 15 is 0 Å². The monoisotopic (exact) mass is 1130 g/mol. The Balaban J connectivity index is 1.20. The van der Waals surface area contributed by atoms with Crippen LogP contribution in [0.1, 0.15) is 61.2 Å². The van der Waals surface area contributed by atoms with Crippen molar-refractivity contribution in [3.05, 3.63) is 237 Å². The maximum atomic E-state index is 14.9. The number of nitrogens with zero attached hydrogens (tertiary/aromatic N) is 4. The Bertz CT molecular complexity index is 4720. The molecule has 0 fully saturated rings. The van der Waals surface area contributed by atoms with Crippen molar-refractivity contribution in [3.8, 4) is 79.1 Å². The highest BCUT2D eigenvalue weighted by Gasteiger charge is 2.35. The zero-order valence-electron chi connectivity index (χ0n) is 45.9. The molecule has 0 saturated heterocycles. The summed E-state index contributed by atoms with van der Waals surface area (Å²) in [6, 6.07) is 53.4. The Kier molecular flexibility index (Phi) is 13.0. The summed E-state index contributed by atoms with van der Waals surface area (Å²) >= 11 is 0. The summed E-state index contributed by atoms with van der Waals surface area (Å²) in [7, 11) is 0. The van der Waals surface area contributed by atoms with E-state index in [4.69, 9.17) is 0 Å². The normalized spacial score (nSPS) is 12.2. The van der Waals surface area contributed by atoms with Crippen LogP contribution in [-0.2, 0) is 18.5 Å². The molecular weight excluding hydrogens is 1080 g/mol. The Morgan fingerprint density at radius 3 is 1.07 bits per heavy atom. The van der Waals surface area contributed by atoms with Crippen LogP contribution in [0.3, 0.4) is 0 Å². The molecule has 0 radical (unpaired) electrons. The van der Waals surface area contributed by atoms with Crippen molar-refractivity contribution in [3.63, 3.8) is 0 Å². The van der Waals surface area contributed by atoms with Crippen LogP contribution < -0.4 is 0 Å². The molecule has 84 heavy (non-hydrogen) atoms.